The first-order valence-electron chi connectivity index (χ1n) is 6.69. The van der Waals surface area contributed by atoms with Gasteiger partial charge in [0.2, 0.25) is 0 Å². The highest BCUT2D eigenvalue weighted by atomic mass is 35.7. The number of benzene rings is 1. The summed E-state index contributed by atoms with van der Waals surface area (Å²) in [4.78, 5) is 0. The first-order chi connectivity index (χ1) is 9.77. The fourth-order valence-corrected chi connectivity index (χ4v) is 3.11. The number of hydrogen-bond acceptors (Lipinski definition) is 4. The lowest BCUT2D eigenvalue weighted by atomic mass is 10.1. The van der Waals surface area contributed by atoms with E-state index in [1.807, 2.05) is 45.0 Å². The molecule has 21 heavy (non-hydrogen) atoms. The molecule has 0 saturated carbocycles. The zero-order chi connectivity index (χ0) is 15.6. The third-order valence-corrected chi connectivity index (χ3v) is 4.16. The summed E-state index contributed by atoms with van der Waals surface area (Å²) in [5.74, 6) is 0.864. The van der Waals surface area contributed by atoms with Crippen molar-refractivity contribution in [1.82, 2.24) is 14.8 Å². The van der Waals surface area contributed by atoms with Gasteiger partial charge in [-0.3, -0.25) is 0 Å². The van der Waals surface area contributed by atoms with Gasteiger partial charge in [0.05, 0.1) is 0 Å². The van der Waals surface area contributed by atoms with Crippen LogP contribution in [0.3, 0.4) is 0 Å². The molecule has 0 radical (unpaired) electrons. The van der Waals surface area contributed by atoms with Crippen molar-refractivity contribution >= 4 is 19.7 Å². The Morgan fingerprint density at radius 2 is 2.00 bits per heavy atom. The summed E-state index contributed by atoms with van der Waals surface area (Å²) in [6, 6.07) is 8.00. The Balaban J connectivity index is 2.42. The van der Waals surface area contributed by atoms with Crippen LogP contribution in [0.15, 0.2) is 29.4 Å². The van der Waals surface area contributed by atoms with Gasteiger partial charge in [-0.1, -0.05) is 43.7 Å². The number of hydrogen-bond donors (Lipinski definition) is 0. The van der Waals surface area contributed by atoms with Crippen molar-refractivity contribution in [3.63, 3.8) is 0 Å². The Morgan fingerprint density at radius 1 is 1.29 bits per heavy atom. The maximum absolute atomic E-state index is 11.6. The molecule has 0 unspecified atom stereocenters. The third kappa shape index (κ3) is 4.04. The van der Waals surface area contributed by atoms with E-state index in [0.717, 1.165) is 11.1 Å². The summed E-state index contributed by atoms with van der Waals surface area (Å²) < 4.78 is 24.8. The molecule has 0 aliphatic rings. The second-order valence-corrected chi connectivity index (χ2v) is 7.97. The second kappa shape index (κ2) is 6.15. The monoisotopic (exact) mass is 327 g/mol. The summed E-state index contributed by atoms with van der Waals surface area (Å²) in [5.41, 5.74) is 2.21. The average Bonchev–Trinajstić information content (AvgIpc) is 2.71. The van der Waals surface area contributed by atoms with E-state index in [-0.39, 0.29) is 11.1 Å². The van der Waals surface area contributed by atoms with Gasteiger partial charge in [-0.2, -0.15) is 0 Å². The SMILES string of the molecule is Cc1cccc(Cc2nnc(S(=O)(=O)Cl)n2CC(C)C)c1. The van der Waals surface area contributed by atoms with Crippen molar-refractivity contribution in [2.24, 2.45) is 5.92 Å². The van der Waals surface area contributed by atoms with E-state index in [2.05, 4.69) is 10.2 Å². The molecule has 7 heteroatoms. The smallest absolute Gasteiger partial charge is 0.296 e. The Bertz CT molecular complexity index is 738. The molecular formula is C14H18ClN3O2S. The first kappa shape index (κ1) is 16.0. The molecule has 0 aliphatic heterocycles. The number of aromatic nitrogens is 3. The van der Waals surface area contributed by atoms with Crippen LogP contribution in [0, 0.1) is 12.8 Å². The fourth-order valence-electron chi connectivity index (χ4n) is 2.18. The van der Waals surface area contributed by atoms with Gasteiger partial charge in [-0.15, -0.1) is 10.2 Å². The number of halogens is 1. The maximum atomic E-state index is 11.6. The van der Waals surface area contributed by atoms with E-state index >= 15 is 0 Å². The van der Waals surface area contributed by atoms with E-state index in [1.54, 1.807) is 4.57 Å². The third-order valence-electron chi connectivity index (χ3n) is 3.00. The molecule has 0 spiro atoms. The quantitative estimate of drug-likeness (QED) is 0.792. The summed E-state index contributed by atoms with van der Waals surface area (Å²) in [5, 5.41) is 7.58. The Morgan fingerprint density at radius 3 is 2.57 bits per heavy atom. The molecule has 0 fully saturated rings. The summed E-state index contributed by atoms with van der Waals surface area (Å²) in [6.45, 7) is 6.52. The predicted molar refractivity (Wildman–Crippen MR) is 81.9 cm³/mol. The molecule has 0 N–H and O–H groups in total. The van der Waals surface area contributed by atoms with Crippen molar-refractivity contribution in [3.05, 3.63) is 41.2 Å². The van der Waals surface area contributed by atoms with Gasteiger partial charge in [0.1, 0.15) is 5.82 Å². The Hall–Kier alpha value is -1.40. The number of nitrogens with zero attached hydrogens (tertiary/aromatic N) is 3. The molecule has 0 aliphatic carbocycles. The van der Waals surface area contributed by atoms with Gasteiger partial charge in [-0.25, -0.2) is 8.42 Å². The van der Waals surface area contributed by atoms with Gasteiger partial charge in [0.25, 0.3) is 14.2 Å². The Kier molecular flexibility index (Phi) is 4.68. The molecule has 114 valence electrons. The minimum atomic E-state index is -3.90. The summed E-state index contributed by atoms with van der Waals surface area (Å²) >= 11 is 0. The molecule has 2 aromatic rings. The zero-order valence-electron chi connectivity index (χ0n) is 12.2. The standard InChI is InChI=1S/C14H18ClN3O2S/c1-10(2)9-18-13(16-17-14(18)21(15,19)20)8-12-6-4-5-11(3)7-12/h4-7,10H,8-9H2,1-3H3. The molecule has 5 nitrogen and oxygen atoms in total. The Labute approximate surface area is 129 Å². The molecule has 0 saturated heterocycles. The average molecular weight is 328 g/mol. The maximum Gasteiger partial charge on any atom is 0.296 e. The highest BCUT2D eigenvalue weighted by molar-refractivity contribution is 8.13. The van der Waals surface area contributed by atoms with Gasteiger partial charge < -0.3 is 4.57 Å². The van der Waals surface area contributed by atoms with Crippen molar-refractivity contribution in [2.45, 2.75) is 38.9 Å². The highest BCUT2D eigenvalue weighted by Crippen LogP contribution is 2.18. The van der Waals surface area contributed by atoms with Crippen LogP contribution in [-0.2, 0) is 22.0 Å². The van der Waals surface area contributed by atoms with Crippen LogP contribution in [0.25, 0.3) is 0 Å². The van der Waals surface area contributed by atoms with E-state index in [1.165, 1.54) is 0 Å². The minimum absolute atomic E-state index is 0.180. The van der Waals surface area contributed by atoms with Gasteiger partial charge >= 0.3 is 0 Å². The van der Waals surface area contributed by atoms with Crippen LogP contribution in [0.1, 0.15) is 30.8 Å². The van der Waals surface area contributed by atoms with E-state index in [9.17, 15) is 8.42 Å². The topological polar surface area (TPSA) is 64.8 Å². The lowest BCUT2D eigenvalue weighted by molar-refractivity contribution is 0.474. The molecule has 0 amide bonds. The molecule has 1 heterocycles. The van der Waals surface area contributed by atoms with E-state index in [4.69, 9.17) is 10.7 Å². The number of aryl methyl sites for hydroxylation is 1. The van der Waals surface area contributed by atoms with Crippen LogP contribution >= 0.6 is 10.7 Å². The predicted octanol–water partition coefficient (Wildman–Crippen LogP) is 2.76. The second-order valence-electron chi connectivity index (χ2n) is 5.51. The van der Waals surface area contributed by atoms with Gasteiger partial charge in [0, 0.05) is 23.6 Å². The van der Waals surface area contributed by atoms with Crippen LogP contribution in [0.5, 0.6) is 0 Å². The summed E-state index contributed by atoms with van der Waals surface area (Å²) in [7, 11) is 1.54. The zero-order valence-corrected chi connectivity index (χ0v) is 13.8. The molecular weight excluding hydrogens is 310 g/mol. The van der Waals surface area contributed by atoms with Crippen LogP contribution in [-0.4, -0.2) is 23.2 Å². The van der Waals surface area contributed by atoms with Crippen molar-refractivity contribution in [1.29, 1.82) is 0 Å². The van der Waals surface area contributed by atoms with Crippen molar-refractivity contribution in [2.75, 3.05) is 0 Å². The summed E-state index contributed by atoms with van der Waals surface area (Å²) in [6.07, 6.45) is 0.522. The van der Waals surface area contributed by atoms with Crippen LogP contribution in [0.2, 0.25) is 0 Å². The van der Waals surface area contributed by atoms with Crippen molar-refractivity contribution < 1.29 is 8.42 Å². The number of rotatable bonds is 5. The van der Waals surface area contributed by atoms with Gasteiger partial charge in [-0.05, 0) is 18.4 Å². The fraction of sp³-hybridized carbons (Fsp3) is 0.429. The largest absolute Gasteiger partial charge is 0.300 e. The normalized spacial score (nSPS) is 12.0. The lowest BCUT2D eigenvalue weighted by Gasteiger charge is -2.11. The molecule has 1 aromatic carbocycles. The molecule has 2 rings (SSSR count). The highest BCUT2D eigenvalue weighted by Gasteiger charge is 2.23. The molecule has 0 bridgehead atoms. The van der Waals surface area contributed by atoms with Crippen molar-refractivity contribution in [3.8, 4) is 0 Å². The molecule has 1 aromatic heterocycles. The van der Waals surface area contributed by atoms with Gasteiger partial charge in [0.15, 0.2) is 0 Å². The lowest BCUT2D eigenvalue weighted by Crippen LogP contribution is -2.13. The van der Waals surface area contributed by atoms with Crippen LogP contribution < -0.4 is 0 Å². The van der Waals surface area contributed by atoms with E-state index in [0.29, 0.717) is 18.8 Å². The first-order valence-corrected chi connectivity index (χ1v) is 9.00. The van der Waals surface area contributed by atoms with E-state index < -0.39 is 9.05 Å². The molecule has 0 atom stereocenters. The van der Waals surface area contributed by atoms with Crippen LogP contribution in [0.4, 0.5) is 0 Å². The minimum Gasteiger partial charge on any atom is -0.300 e.